The van der Waals surface area contributed by atoms with E-state index in [1.54, 1.807) is 17.3 Å². The van der Waals surface area contributed by atoms with E-state index in [9.17, 15) is 9.90 Å². The summed E-state index contributed by atoms with van der Waals surface area (Å²) in [5.74, 6) is -0.0372. The summed E-state index contributed by atoms with van der Waals surface area (Å²) in [6.07, 6.45) is 7.69. The molecule has 3 rings (SSSR count). The molecule has 0 aromatic carbocycles. The molecule has 0 saturated heterocycles. The summed E-state index contributed by atoms with van der Waals surface area (Å²) in [6, 6.07) is 8.02. The lowest BCUT2D eigenvalue weighted by molar-refractivity contribution is 0.0696. The largest absolute Gasteiger partial charge is 0.395 e. The maximum Gasteiger partial charge on any atom is 0.270 e. The Morgan fingerprint density at radius 3 is 2.90 bits per heavy atom. The molecular formula is C16H19N3O2. The van der Waals surface area contributed by atoms with Crippen molar-refractivity contribution in [3.8, 4) is 0 Å². The second-order valence-corrected chi connectivity index (χ2v) is 5.34. The van der Waals surface area contributed by atoms with Crippen molar-refractivity contribution in [1.29, 1.82) is 0 Å². The Bertz CT molecular complexity index is 605. The highest BCUT2D eigenvalue weighted by molar-refractivity contribution is 5.92. The molecule has 0 atom stereocenters. The molecule has 0 spiro atoms. The lowest BCUT2D eigenvalue weighted by atomic mass is 10.2. The van der Waals surface area contributed by atoms with Gasteiger partial charge in [0.25, 0.3) is 5.91 Å². The molecule has 0 aliphatic heterocycles. The molecule has 110 valence electrons. The molecular weight excluding hydrogens is 266 g/mol. The molecule has 2 aromatic heterocycles. The van der Waals surface area contributed by atoms with E-state index in [0.717, 1.165) is 18.4 Å². The Morgan fingerprint density at radius 1 is 1.38 bits per heavy atom. The number of amides is 1. The predicted molar refractivity (Wildman–Crippen MR) is 78.8 cm³/mol. The van der Waals surface area contributed by atoms with Crippen molar-refractivity contribution in [2.75, 3.05) is 13.2 Å². The van der Waals surface area contributed by atoms with Crippen molar-refractivity contribution in [2.45, 2.75) is 25.4 Å². The fourth-order valence-corrected chi connectivity index (χ4v) is 2.49. The van der Waals surface area contributed by atoms with Gasteiger partial charge in [0.15, 0.2) is 0 Å². The minimum Gasteiger partial charge on any atom is -0.395 e. The van der Waals surface area contributed by atoms with Crippen molar-refractivity contribution in [3.05, 3.63) is 54.1 Å². The average molecular weight is 285 g/mol. The number of aliphatic hydroxyl groups is 1. The lowest BCUT2D eigenvalue weighted by Crippen LogP contribution is -2.34. The van der Waals surface area contributed by atoms with Gasteiger partial charge in [-0.25, -0.2) is 0 Å². The first-order valence-electron chi connectivity index (χ1n) is 7.25. The van der Waals surface area contributed by atoms with Crippen LogP contribution in [0.1, 0.15) is 34.9 Å². The molecule has 0 unspecified atom stereocenters. The third kappa shape index (κ3) is 3.13. The van der Waals surface area contributed by atoms with Gasteiger partial charge in [0.1, 0.15) is 5.69 Å². The van der Waals surface area contributed by atoms with Gasteiger partial charge in [0, 0.05) is 37.7 Å². The summed E-state index contributed by atoms with van der Waals surface area (Å²) in [5.41, 5.74) is 1.67. The summed E-state index contributed by atoms with van der Waals surface area (Å²) in [5, 5.41) is 9.24. The molecule has 0 bridgehead atoms. The van der Waals surface area contributed by atoms with Crippen LogP contribution in [0.3, 0.4) is 0 Å². The van der Waals surface area contributed by atoms with E-state index in [-0.39, 0.29) is 12.5 Å². The second-order valence-electron chi connectivity index (χ2n) is 5.34. The molecule has 1 N–H and O–H groups in total. The molecule has 1 aliphatic carbocycles. The number of nitrogens with zero attached hydrogens (tertiary/aromatic N) is 3. The van der Waals surface area contributed by atoms with E-state index in [1.165, 1.54) is 0 Å². The quantitative estimate of drug-likeness (QED) is 0.881. The number of pyridine rings is 1. The number of aromatic nitrogens is 2. The smallest absolute Gasteiger partial charge is 0.270 e. The Balaban J connectivity index is 1.79. The predicted octanol–water partition coefficient (Wildman–Crippen LogP) is 1.85. The van der Waals surface area contributed by atoms with Gasteiger partial charge in [-0.2, -0.15) is 0 Å². The van der Waals surface area contributed by atoms with E-state index in [4.69, 9.17) is 0 Å². The highest BCUT2D eigenvalue weighted by atomic mass is 16.3. The minimum absolute atomic E-state index is 0.0372. The van der Waals surface area contributed by atoms with Gasteiger partial charge < -0.3 is 14.6 Å². The van der Waals surface area contributed by atoms with Crippen LogP contribution < -0.4 is 0 Å². The van der Waals surface area contributed by atoms with E-state index in [1.807, 2.05) is 30.5 Å². The average Bonchev–Trinajstić information content (AvgIpc) is 3.24. The van der Waals surface area contributed by atoms with Gasteiger partial charge in [0.2, 0.25) is 0 Å². The van der Waals surface area contributed by atoms with Crippen molar-refractivity contribution < 1.29 is 9.90 Å². The van der Waals surface area contributed by atoms with Gasteiger partial charge in [-0.15, -0.1) is 0 Å². The normalized spacial score (nSPS) is 14.1. The molecule has 2 aromatic rings. The van der Waals surface area contributed by atoms with Crippen LogP contribution in [-0.4, -0.2) is 38.6 Å². The van der Waals surface area contributed by atoms with Crippen LogP contribution in [0, 0.1) is 0 Å². The summed E-state index contributed by atoms with van der Waals surface area (Å²) in [6.45, 7) is 0.739. The van der Waals surface area contributed by atoms with Crippen molar-refractivity contribution in [1.82, 2.24) is 14.5 Å². The molecule has 1 aliphatic rings. The van der Waals surface area contributed by atoms with Gasteiger partial charge in [-0.05, 0) is 36.6 Å². The summed E-state index contributed by atoms with van der Waals surface area (Å²) in [4.78, 5) is 18.5. The summed E-state index contributed by atoms with van der Waals surface area (Å²) >= 11 is 0. The van der Waals surface area contributed by atoms with Gasteiger partial charge in [0.05, 0.1) is 6.61 Å². The number of carbonyl (C=O) groups excluding carboxylic acids is 1. The molecule has 1 saturated carbocycles. The third-order valence-electron chi connectivity index (χ3n) is 3.69. The van der Waals surface area contributed by atoms with Gasteiger partial charge in [-0.1, -0.05) is 6.07 Å². The zero-order chi connectivity index (χ0) is 14.7. The first-order valence-corrected chi connectivity index (χ1v) is 7.25. The summed E-state index contributed by atoms with van der Waals surface area (Å²) in [7, 11) is 0. The molecule has 21 heavy (non-hydrogen) atoms. The first kappa shape index (κ1) is 13.8. The highest BCUT2D eigenvalue weighted by Crippen LogP contribution is 2.36. The van der Waals surface area contributed by atoms with Crippen molar-refractivity contribution in [2.24, 2.45) is 0 Å². The van der Waals surface area contributed by atoms with Crippen LogP contribution >= 0.6 is 0 Å². The monoisotopic (exact) mass is 285 g/mol. The standard InChI is InChI=1S/C16H19N3O2/c20-10-9-18(12-13-3-1-7-17-11-13)16(21)15-4-2-8-19(15)14-5-6-14/h1-4,7-8,11,14,20H,5-6,9-10,12H2. The topological polar surface area (TPSA) is 58.4 Å². The van der Waals surface area contributed by atoms with E-state index >= 15 is 0 Å². The first-order chi connectivity index (χ1) is 10.3. The molecule has 5 heteroatoms. The SMILES string of the molecule is O=C(c1cccn1C1CC1)N(CCO)Cc1cccnc1. The molecule has 0 radical (unpaired) electrons. The number of hydrogen-bond donors (Lipinski definition) is 1. The van der Waals surface area contributed by atoms with Crippen LogP contribution in [0.4, 0.5) is 0 Å². The second kappa shape index (κ2) is 6.10. The van der Waals surface area contributed by atoms with Crippen LogP contribution in [0.15, 0.2) is 42.9 Å². The number of hydrogen-bond acceptors (Lipinski definition) is 3. The Labute approximate surface area is 123 Å². The van der Waals surface area contributed by atoms with E-state index in [0.29, 0.717) is 24.8 Å². The Morgan fingerprint density at radius 2 is 2.24 bits per heavy atom. The lowest BCUT2D eigenvalue weighted by Gasteiger charge is -2.22. The summed E-state index contributed by atoms with van der Waals surface area (Å²) < 4.78 is 2.05. The highest BCUT2D eigenvalue weighted by Gasteiger charge is 2.28. The number of carbonyl (C=O) groups is 1. The van der Waals surface area contributed by atoms with E-state index < -0.39 is 0 Å². The molecule has 2 heterocycles. The zero-order valence-electron chi connectivity index (χ0n) is 11.9. The third-order valence-corrected chi connectivity index (χ3v) is 3.69. The minimum atomic E-state index is -0.0455. The molecule has 5 nitrogen and oxygen atoms in total. The molecule has 1 fully saturated rings. The van der Waals surface area contributed by atoms with Crippen LogP contribution in [0.2, 0.25) is 0 Å². The maximum absolute atomic E-state index is 12.7. The number of rotatable bonds is 6. The fourth-order valence-electron chi connectivity index (χ4n) is 2.49. The van der Waals surface area contributed by atoms with Gasteiger partial charge >= 0.3 is 0 Å². The van der Waals surface area contributed by atoms with Crippen LogP contribution in [0.5, 0.6) is 0 Å². The Hall–Kier alpha value is -2.14. The van der Waals surface area contributed by atoms with Crippen molar-refractivity contribution >= 4 is 5.91 Å². The van der Waals surface area contributed by atoms with E-state index in [2.05, 4.69) is 9.55 Å². The van der Waals surface area contributed by atoms with Crippen LogP contribution in [0.25, 0.3) is 0 Å². The van der Waals surface area contributed by atoms with Crippen LogP contribution in [-0.2, 0) is 6.54 Å². The molecule has 1 amide bonds. The van der Waals surface area contributed by atoms with Gasteiger partial charge in [-0.3, -0.25) is 9.78 Å². The fraction of sp³-hybridized carbons (Fsp3) is 0.375. The Kier molecular flexibility index (Phi) is 4.01. The number of aliphatic hydroxyl groups excluding tert-OH is 1. The maximum atomic E-state index is 12.7. The van der Waals surface area contributed by atoms with Crippen molar-refractivity contribution in [3.63, 3.8) is 0 Å². The zero-order valence-corrected chi connectivity index (χ0v) is 11.9.